The van der Waals surface area contributed by atoms with Gasteiger partial charge in [-0.05, 0) is 17.9 Å². The number of carbonyl (C=O) groups excluding carboxylic acids is 1. The Hall–Kier alpha value is -2.04. The molecule has 20 heavy (non-hydrogen) atoms. The van der Waals surface area contributed by atoms with Crippen molar-refractivity contribution >= 4 is 12.0 Å². The highest BCUT2D eigenvalue weighted by Gasteiger charge is 2.18. The molecule has 0 aromatic heterocycles. The maximum Gasteiger partial charge on any atom is 0.326 e. The molecule has 0 aliphatic carbocycles. The van der Waals surface area contributed by atoms with E-state index in [4.69, 9.17) is 5.11 Å². The number of hydrogen-bond donors (Lipinski definition) is 3. The monoisotopic (exact) mass is 278 g/mol. The standard InChI is InChI=1S/C15H22N2O3/c1-3-7-13(14(18)19)17-15(20)16-10-11(2)12-8-5-4-6-9-12/h4-6,8-9,11,13H,3,7,10H2,1-2H3,(H,18,19)(H2,16,17,20)/t11?,13-/m1/s1. The second-order valence-electron chi connectivity index (χ2n) is 4.85. The van der Waals surface area contributed by atoms with Crippen LogP contribution in [0.3, 0.4) is 0 Å². The summed E-state index contributed by atoms with van der Waals surface area (Å²) < 4.78 is 0. The summed E-state index contributed by atoms with van der Waals surface area (Å²) in [6, 6.07) is 8.59. The Morgan fingerprint density at radius 1 is 1.25 bits per heavy atom. The zero-order valence-corrected chi connectivity index (χ0v) is 11.9. The fourth-order valence-electron chi connectivity index (χ4n) is 1.90. The zero-order valence-electron chi connectivity index (χ0n) is 11.9. The van der Waals surface area contributed by atoms with Crippen LogP contribution >= 0.6 is 0 Å². The van der Waals surface area contributed by atoms with Gasteiger partial charge < -0.3 is 15.7 Å². The average molecular weight is 278 g/mol. The maximum absolute atomic E-state index is 11.7. The molecule has 0 aliphatic rings. The van der Waals surface area contributed by atoms with E-state index in [1.165, 1.54) is 0 Å². The summed E-state index contributed by atoms with van der Waals surface area (Å²) >= 11 is 0. The fourth-order valence-corrected chi connectivity index (χ4v) is 1.90. The molecule has 5 nitrogen and oxygen atoms in total. The molecule has 1 unspecified atom stereocenters. The fraction of sp³-hybridized carbons (Fsp3) is 0.467. The Morgan fingerprint density at radius 3 is 2.45 bits per heavy atom. The van der Waals surface area contributed by atoms with Gasteiger partial charge in [0.25, 0.3) is 0 Å². The van der Waals surface area contributed by atoms with Crippen molar-refractivity contribution in [3.05, 3.63) is 35.9 Å². The van der Waals surface area contributed by atoms with Crippen LogP contribution < -0.4 is 10.6 Å². The molecule has 110 valence electrons. The number of rotatable bonds is 7. The molecule has 0 radical (unpaired) electrons. The molecule has 0 aliphatic heterocycles. The van der Waals surface area contributed by atoms with E-state index in [2.05, 4.69) is 10.6 Å². The van der Waals surface area contributed by atoms with Crippen LogP contribution in [0.5, 0.6) is 0 Å². The molecule has 2 amide bonds. The number of carboxylic acid groups (broad SMARTS) is 1. The molecule has 0 heterocycles. The van der Waals surface area contributed by atoms with E-state index in [-0.39, 0.29) is 5.92 Å². The second-order valence-corrected chi connectivity index (χ2v) is 4.85. The average Bonchev–Trinajstić information content (AvgIpc) is 2.45. The van der Waals surface area contributed by atoms with Crippen molar-refractivity contribution in [3.8, 4) is 0 Å². The van der Waals surface area contributed by atoms with Gasteiger partial charge in [-0.15, -0.1) is 0 Å². The molecule has 1 rings (SSSR count). The third-order valence-corrected chi connectivity index (χ3v) is 3.12. The van der Waals surface area contributed by atoms with Crippen LogP contribution in [0.2, 0.25) is 0 Å². The molecule has 1 aromatic carbocycles. The molecular formula is C15H22N2O3. The summed E-state index contributed by atoms with van der Waals surface area (Å²) in [6.45, 7) is 4.36. The first-order valence-corrected chi connectivity index (χ1v) is 6.86. The van der Waals surface area contributed by atoms with E-state index in [9.17, 15) is 9.59 Å². The lowest BCUT2D eigenvalue weighted by Crippen LogP contribution is -2.46. The zero-order chi connectivity index (χ0) is 15.0. The Balaban J connectivity index is 2.41. The Kier molecular flexibility index (Phi) is 6.56. The van der Waals surface area contributed by atoms with E-state index in [1.807, 2.05) is 44.2 Å². The van der Waals surface area contributed by atoms with E-state index >= 15 is 0 Å². The Morgan fingerprint density at radius 2 is 1.90 bits per heavy atom. The Labute approximate surface area is 119 Å². The number of hydrogen-bond acceptors (Lipinski definition) is 2. The molecule has 0 fully saturated rings. The molecule has 0 bridgehead atoms. The first-order chi connectivity index (χ1) is 9.54. The lowest BCUT2D eigenvalue weighted by molar-refractivity contribution is -0.139. The third-order valence-electron chi connectivity index (χ3n) is 3.12. The smallest absolute Gasteiger partial charge is 0.326 e. The predicted molar refractivity (Wildman–Crippen MR) is 77.7 cm³/mol. The quantitative estimate of drug-likeness (QED) is 0.716. The number of carboxylic acids is 1. The SMILES string of the molecule is CCC[C@@H](NC(=O)NCC(C)c1ccccc1)C(=O)O. The lowest BCUT2D eigenvalue weighted by Gasteiger charge is -2.16. The molecule has 2 atom stereocenters. The van der Waals surface area contributed by atoms with Crippen molar-refractivity contribution in [2.75, 3.05) is 6.54 Å². The summed E-state index contributed by atoms with van der Waals surface area (Å²) in [7, 11) is 0. The van der Waals surface area contributed by atoms with Crippen molar-refractivity contribution in [3.63, 3.8) is 0 Å². The predicted octanol–water partition coefficient (Wildman–Crippen LogP) is 2.34. The largest absolute Gasteiger partial charge is 0.480 e. The van der Waals surface area contributed by atoms with Crippen LogP contribution in [0.25, 0.3) is 0 Å². The summed E-state index contributed by atoms with van der Waals surface area (Å²) in [5.74, 6) is -0.825. The normalized spacial score (nSPS) is 13.3. The number of amides is 2. The molecule has 5 heteroatoms. The maximum atomic E-state index is 11.7. The van der Waals surface area contributed by atoms with Crippen LogP contribution in [0.4, 0.5) is 4.79 Å². The first kappa shape index (κ1) is 16.0. The highest BCUT2D eigenvalue weighted by molar-refractivity contribution is 5.82. The van der Waals surface area contributed by atoms with E-state index in [0.29, 0.717) is 19.4 Å². The molecule has 1 aromatic rings. The van der Waals surface area contributed by atoms with Gasteiger partial charge >= 0.3 is 12.0 Å². The summed E-state index contributed by atoms with van der Waals surface area (Å²) in [4.78, 5) is 22.6. The number of carbonyl (C=O) groups is 2. The van der Waals surface area contributed by atoms with Crippen molar-refractivity contribution in [2.24, 2.45) is 0 Å². The van der Waals surface area contributed by atoms with Gasteiger partial charge in [-0.25, -0.2) is 9.59 Å². The van der Waals surface area contributed by atoms with Gasteiger partial charge in [0.2, 0.25) is 0 Å². The van der Waals surface area contributed by atoms with Crippen molar-refractivity contribution in [1.29, 1.82) is 0 Å². The van der Waals surface area contributed by atoms with Gasteiger partial charge in [0, 0.05) is 6.54 Å². The van der Waals surface area contributed by atoms with Gasteiger partial charge in [-0.1, -0.05) is 50.6 Å². The van der Waals surface area contributed by atoms with Crippen molar-refractivity contribution in [2.45, 2.75) is 38.6 Å². The van der Waals surface area contributed by atoms with E-state index < -0.39 is 18.0 Å². The van der Waals surface area contributed by atoms with Gasteiger partial charge in [0.1, 0.15) is 6.04 Å². The minimum absolute atomic E-state index is 0.177. The summed E-state index contributed by atoms with van der Waals surface area (Å²) in [6.07, 6.45) is 1.13. The van der Waals surface area contributed by atoms with Gasteiger partial charge in [-0.2, -0.15) is 0 Å². The van der Waals surface area contributed by atoms with Gasteiger partial charge in [0.05, 0.1) is 0 Å². The van der Waals surface area contributed by atoms with Gasteiger partial charge in [0.15, 0.2) is 0 Å². The van der Waals surface area contributed by atoms with Crippen LogP contribution in [-0.4, -0.2) is 29.7 Å². The minimum atomic E-state index is -1.00. The summed E-state index contributed by atoms with van der Waals surface area (Å²) in [5.41, 5.74) is 1.14. The van der Waals surface area contributed by atoms with Crippen LogP contribution in [0.15, 0.2) is 30.3 Å². The first-order valence-electron chi connectivity index (χ1n) is 6.86. The van der Waals surface area contributed by atoms with Crippen molar-refractivity contribution in [1.82, 2.24) is 10.6 Å². The molecule has 0 saturated heterocycles. The molecule has 0 spiro atoms. The summed E-state index contributed by atoms with van der Waals surface area (Å²) in [5, 5.41) is 14.2. The second kappa shape index (κ2) is 8.19. The molecule has 0 saturated carbocycles. The minimum Gasteiger partial charge on any atom is -0.480 e. The number of nitrogens with one attached hydrogen (secondary N) is 2. The van der Waals surface area contributed by atoms with E-state index in [0.717, 1.165) is 5.56 Å². The third kappa shape index (κ3) is 5.30. The van der Waals surface area contributed by atoms with E-state index in [1.54, 1.807) is 0 Å². The molecule has 3 N–H and O–H groups in total. The molecular weight excluding hydrogens is 256 g/mol. The number of urea groups is 1. The van der Waals surface area contributed by atoms with Crippen LogP contribution in [0.1, 0.15) is 38.2 Å². The lowest BCUT2D eigenvalue weighted by atomic mass is 10.0. The number of benzene rings is 1. The van der Waals surface area contributed by atoms with Gasteiger partial charge in [-0.3, -0.25) is 0 Å². The van der Waals surface area contributed by atoms with Crippen molar-refractivity contribution < 1.29 is 14.7 Å². The van der Waals surface area contributed by atoms with Crippen LogP contribution in [-0.2, 0) is 4.79 Å². The highest BCUT2D eigenvalue weighted by atomic mass is 16.4. The topological polar surface area (TPSA) is 78.4 Å². The number of aliphatic carboxylic acids is 1. The highest BCUT2D eigenvalue weighted by Crippen LogP contribution is 2.12. The van der Waals surface area contributed by atoms with Crippen LogP contribution in [0, 0.1) is 0 Å². The Bertz CT molecular complexity index is 434.